The van der Waals surface area contributed by atoms with E-state index in [0.29, 0.717) is 17.9 Å². The molecule has 2 aromatic rings. The van der Waals surface area contributed by atoms with Crippen LogP contribution in [0.2, 0.25) is 0 Å². The second kappa shape index (κ2) is 8.53. The van der Waals surface area contributed by atoms with Gasteiger partial charge in [-0.25, -0.2) is 0 Å². The first-order chi connectivity index (χ1) is 15.7. The maximum atomic E-state index is 13.1. The first-order valence-corrected chi connectivity index (χ1v) is 12.3. The molecule has 0 spiro atoms. The first kappa shape index (κ1) is 20.3. The van der Waals surface area contributed by atoms with Crippen molar-refractivity contribution in [3.8, 4) is 5.75 Å². The second-order valence-corrected chi connectivity index (χ2v) is 10.1. The minimum absolute atomic E-state index is 0.107. The number of carbonyl (C=O) groups excluding carboxylic acids is 1. The Hall–Kier alpha value is -2.37. The molecule has 32 heavy (non-hydrogen) atoms. The Morgan fingerprint density at radius 3 is 2.72 bits per heavy atom. The molecule has 4 aliphatic rings. The fraction of sp³-hybridized carbons (Fsp3) is 0.519. The smallest absolute Gasteiger partial charge is 0.237 e. The lowest BCUT2D eigenvalue weighted by molar-refractivity contribution is -0.125. The first-order valence-electron chi connectivity index (χ1n) is 12.3. The molecular formula is C27H33N3O2. The van der Waals surface area contributed by atoms with Crippen molar-refractivity contribution in [2.45, 2.75) is 50.7 Å². The van der Waals surface area contributed by atoms with Crippen LogP contribution in [-0.2, 0) is 30.6 Å². The standard InChI is InChI=1S/C27H33N3O2/c31-27(24-14-20-3-1-2-4-21(20)15-28-24)29-26-22-7-8-23(26)17-30(16-22)11-9-18-5-6-19-10-12-32-25(19)13-18/h1-6,13,22-24,26,28H,7-12,14-17H2,(H,29,31). The number of ether oxygens (including phenoxy) is 1. The summed E-state index contributed by atoms with van der Waals surface area (Å²) in [6, 6.07) is 15.4. The molecule has 3 unspecified atom stereocenters. The van der Waals surface area contributed by atoms with Gasteiger partial charge in [0.25, 0.3) is 0 Å². The van der Waals surface area contributed by atoms with Crippen LogP contribution in [0, 0.1) is 11.8 Å². The van der Waals surface area contributed by atoms with E-state index in [1.165, 1.54) is 35.1 Å². The molecule has 2 N–H and O–H groups in total. The summed E-state index contributed by atoms with van der Waals surface area (Å²) in [5.74, 6) is 2.43. The third kappa shape index (κ3) is 3.93. The molecule has 1 aliphatic carbocycles. The molecule has 3 aliphatic heterocycles. The summed E-state index contributed by atoms with van der Waals surface area (Å²) in [5.41, 5.74) is 5.34. The van der Waals surface area contributed by atoms with Gasteiger partial charge in [-0.05, 0) is 65.8 Å². The molecule has 5 nitrogen and oxygen atoms in total. The molecule has 2 aromatic carbocycles. The van der Waals surface area contributed by atoms with Gasteiger partial charge in [0.1, 0.15) is 5.75 Å². The van der Waals surface area contributed by atoms with Crippen molar-refractivity contribution in [2.24, 2.45) is 11.8 Å². The van der Waals surface area contributed by atoms with E-state index in [4.69, 9.17) is 4.74 Å². The van der Waals surface area contributed by atoms with E-state index in [1.54, 1.807) is 0 Å². The van der Waals surface area contributed by atoms with E-state index >= 15 is 0 Å². The predicted molar refractivity (Wildman–Crippen MR) is 125 cm³/mol. The molecule has 168 valence electrons. The third-order valence-electron chi connectivity index (χ3n) is 8.09. The predicted octanol–water partition coefficient (Wildman–Crippen LogP) is 2.71. The zero-order chi connectivity index (χ0) is 21.5. The zero-order valence-electron chi connectivity index (χ0n) is 18.7. The van der Waals surface area contributed by atoms with Crippen LogP contribution in [0.15, 0.2) is 42.5 Å². The van der Waals surface area contributed by atoms with Crippen LogP contribution in [0.5, 0.6) is 5.75 Å². The van der Waals surface area contributed by atoms with Gasteiger partial charge in [0.05, 0.1) is 12.6 Å². The van der Waals surface area contributed by atoms with Gasteiger partial charge < -0.3 is 20.3 Å². The van der Waals surface area contributed by atoms with E-state index in [2.05, 4.69) is 58.0 Å². The van der Waals surface area contributed by atoms with Crippen molar-refractivity contribution < 1.29 is 9.53 Å². The highest BCUT2D eigenvalue weighted by molar-refractivity contribution is 5.82. The molecule has 5 heteroatoms. The minimum Gasteiger partial charge on any atom is -0.493 e. The lowest BCUT2D eigenvalue weighted by Gasteiger charge is -2.39. The molecule has 1 saturated heterocycles. The van der Waals surface area contributed by atoms with Gasteiger partial charge in [-0.1, -0.05) is 36.4 Å². The lowest BCUT2D eigenvalue weighted by atomic mass is 9.90. The average molecular weight is 432 g/mol. The van der Waals surface area contributed by atoms with Crippen LogP contribution in [0.4, 0.5) is 0 Å². The highest BCUT2D eigenvalue weighted by Gasteiger charge is 2.43. The topological polar surface area (TPSA) is 53.6 Å². The van der Waals surface area contributed by atoms with Crippen LogP contribution in [-0.4, -0.2) is 49.1 Å². The summed E-state index contributed by atoms with van der Waals surface area (Å²) < 4.78 is 5.74. The number of nitrogens with one attached hydrogen (secondary N) is 2. The molecule has 2 fully saturated rings. The molecule has 6 rings (SSSR count). The van der Waals surface area contributed by atoms with Gasteiger partial charge >= 0.3 is 0 Å². The summed E-state index contributed by atoms with van der Waals surface area (Å²) in [6.45, 7) is 4.90. The Morgan fingerprint density at radius 2 is 1.88 bits per heavy atom. The van der Waals surface area contributed by atoms with E-state index in [1.807, 2.05) is 0 Å². The quantitative estimate of drug-likeness (QED) is 0.764. The minimum atomic E-state index is -0.107. The Bertz CT molecular complexity index is 992. The van der Waals surface area contributed by atoms with Crippen molar-refractivity contribution in [1.29, 1.82) is 0 Å². The van der Waals surface area contributed by atoms with Crippen LogP contribution in [0.1, 0.15) is 35.1 Å². The highest BCUT2D eigenvalue weighted by atomic mass is 16.5. The second-order valence-electron chi connectivity index (χ2n) is 10.1. The number of hydrogen-bond acceptors (Lipinski definition) is 4. The Kier molecular flexibility index (Phi) is 5.40. The highest BCUT2D eigenvalue weighted by Crippen LogP contribution is 2.37. The van der Waals surface area contributed by atoms with Crippen molar-refractivity contribution in [3.63, 3.8) is 0 Å². The number of fused-ring (bicyclic) bond motifs is 4. The van der Waals surface area contributed by atoms with Gasteiger partial charge in [0.2, 0.25) is 5.91 Å². The van der Waals surface area contributed by atoms with Crippen LogP contribution in [0.25, 0.3) is 0 Å². The number of likely N-dealkylation sites (tertiary alicyclic amines) is 1. The maximum Gasteiger partial charge on any atom is 0.237 e. The molecular weight excluding hydrogens is 398 g/mol. The molecule has 1 amide bonds. The van der Waals surface area contributed by atoms with Crippen molar-refractivity contribution in [2.75, 3.05) is 26.2 Å². The largest absolute Gasteiger partial charge is 0.493 e. The van der Waals surface area contributed by atoms with Gasteiger partial charge in [-0.2, -0.15) is 0 Å². The average Bonchev–Trinajstić information content (AvgIpc) is 3.37. The van der Waals surface area contributed by atoms with Gasteiger partial charge in [0.15, 0.2) is 0 Å². The Morgan fingerprint density at radius 1 is 1.06 bits per heavy atom. The normalized spacial score (nSPS) is 28.6. The maximum absolute atomic E-state index is 13.1. The van der Waals surface area contributed by atoms with Crippen LogP contribution < -0.4 is 15.4 Å². The number of piperidine rings is 1. The SMILES string of the molecule is O=C(NC1C2CCC1CN(CCc1ccc3c(c1)OCC3)C2)C1Cc2ccccc2CN1. The van der Waals surface area contributed by atoms with Crippen molar-refractivity contribution in [3.05, 3.63) is 64.7 Å². The number of hydrogen-bond donors (Lipinski definition) is 2. The number of rotatable bonds is 5. The Balaban J connectivity index is 1.03. The molecule has 1 saturated carbocycles. The van der Waals surface area contributed by atoms with Gasteiger partial charge in [-0.15, -0.1) is 0 Å². The molecule has 0 aromatic heterocycles. The fourth-order valence-electron chi connectivity index (χ4n) is 6.30. The number of benzene rings is 2. The molecule has 0 radical (unpaired) electrons. The molecule has 3 heterocycles. The van der Waals surface area contributed by atoms with Crippen molar-refractivity contribution in [1.82, 2.24) is 15.5 Å². The number of nitrogens with zero attached hydrogens (tertiary/aromatic N) is 1. The fourth-order valence-corrected chi connectivity index (χ4v) is 6.30. The van der Waals surface area contributed by atoms with Crippen molar-refractivity contribution >= 4 is 5.91 Å². The van der Waals surface area contributed by atoms with Crippen LogP contribution in [0.3, 0.4) is 0 Å². The van der Waals surface area contributed by atoms with E-state index in [9.17, 15) is 4.79 Å². The third-order valence-corrected chi connectivity index (χ3v) is 8.09. The molecule has 3 atom stereocenters. The summed E-state index contributed by atoms with van der Waals surface area (Å²) in [4.78, 5) is 15.7. The summed E-state index contributed by atoms with van der Waals surface area (Å²) in [5, 5.41) is 6.91. The van der Waals surface area contributed by atoms with Gasteiger partial charge in [0, 0.05) is 38.6 Å². The van der Waals surface area contributed by atoms with Crippen LogP contribution >= 0.6 is 0 Å². The summed E-state index contributed by atoms with van der Waals surface area (Å²) in [6.07, 6.45) is 5.37. The number of amides is 1. The number of carbonyl (C=O) groups is 1. The molecule has 2 bridgehead atoms. The monoisotopic (exact) mass is 431 g/mol. The Labute approximate surface area is 190 Å². The lowest BCUT2D eigenvalue weighted by Crippen LogP contribution is -2.57. The van der Waals surface area contributed by atoms with E-state index < -0.39 is 0 Å². The van der Waals surface area contributed by atoms with E-state index in [-0.39, 0.29) is 11.9 Å². The summed E-state index contributed by atoms with van der Waals surface area (Å²) >= 11 is 0. The van der Waals surface area contributed by atoms with E-state index in [0.717, 1.165) is 57.8 Å². The summed E-state index contributed by atoms with van der Waals surface area (Å²) in [7, 11) is 0. The zero-order valence-corrected chi connectivity index (χ0v) is 18.7. The van der Waals surface area contributed by atoms with Gasteiger partial charge in [-0.3, -0.25) is 4.79 Å².